The van der Waals surface area contributed by atoms with Gasteiger partial charge in [-0.05, 0) is 42.3 Å². The number of carbonyl (C=O) groups is 1. The molecular formula is C21H24F4N4O. The third-order valence-corrected chi connectivity index (χ3v) is 4.04. The summed E-state index contributed by atoms with van der Waals surface area (Å²) in [6.07, 6.45) is -4.25. The number of hydrogen-bond acceptors (Lipinski definition) is 2. The van der Waals surface area contributed by atoms with Crippen molar-refractivity contribution in [2.45, 2.75) is 26.1 Å². The molecule has 162 valence electrons. The van der Waals surface area contributed by atoms with Gasteiger partial charge in [-0.2, -0.15) is 13.2 Å². The number of rotatable bonds is 8. The molecule has 0 saturated heterocycles. The molecule has 0 radical (unpaired) electrons. The first-order chi connectivity index (χ1) is 14.3. The van der Waals surface area contributed by atoms with Crippen molar-refractivity contribution in [2.24, 2.45) is 4.99 Å². The Balaban J connectivity index is 1.81. The van der Waals surface area contributed by atoms with Crippen LogP contribution >= 0.6 is 0 Å². The Morgan fingerprint density at radius 1 is 0.967 bits per heavy atom. The van der Waals surface area contributed by atoms with Gasteiger partial charge in [0.1, 0.15) is 5.82 Å². The van der Waals surface area contributed by atoms with Gasteiger partial charge in [-0.15, -0.1) is 0 Å². The third kappa shape index (κ3) is 8.10. The summed E-state index contributed by atoms with van der Waals surface area (Å²) in [4.78, 5) is 16.2. The zero-order valence-corrected chi connectivity index (χ0v) is 16.5. The summed E-state index contributed by atoms with van der Waals surface area (Å²) >= 11 is 0. The Labute approximate surface area is 172 Å². The van der Waals surface area contributed by atoms with Crippen molar-refractivity contribution >= 4 is 11.9 Å². The normalized spacial score (nSPS) is 11.8. The molecule has 0 unspecified atom stereocenters. The van der Waals surface area contributed by atoms with Crippen LogP contribution < -0.4 is 16.0 Å². The van der Waals surface area contributed by atoms with Gasteiger partial charge in [0.2, 0.25) is 5.91 Å². The van der Waals surface area contributed by atoms with Gasteiger partial charge in [0.25, 0.3) is 0 Å². The molecule has 2 aromatic carbocycles. The average molecular weight is 424 g/mol. The summed E-state index contributed by atoms with van der Waals surface area (Å²) in [5, 5.41) is 8.75. The Hall–Kier alpha value is -3.10. The molecule has 2 aromatic rings. The maximum absolute atomic E-state index is 12.9. The fraction of sp³-hybridized carbons (Fsp3) is 0.333. The molecule has 0 aliphatic carbocycles. The first kappa shape index (κ1) is 23.2. The number of carbonyl (C=O) groups excluding carboxylic acids is 1. The molecule has 3 N–H and O–H groups in total. The summed E-state index contributed by atoms with van der Waals surface area (Å²) in [5.41, 5.74) is 0.435. The zero-order valence-electron chi connectivity index (χ0n) is 16.5. The van der Waals surface area contributed by atoms with E-state index in [1.165, 1.54) is 18.2 Å². The van der Waals surface area contributed by atoms with Crippen LogP contribution in [0.4, 0.5) is 17.6 Å². The van der Waals surface area contributed by atoms with Crippen molar-refractivity contribution in [3.05, 3.63) is 71.0 Å². The molecule has 0 aromatic heterocycles. The lowest BCUT2D eigenvalue weighted by atomic mass is 10.1. The number of hydrogen-bond donors (Lipinski definition) is 3. The molecule has 0 heterocycles. The average Bonchev–Trinajstić information content (AvgIpc) is 2.70. The highest BCUT2D eigenvalue weighted by Crippen LogP contribution is 2.29. The smallest absolute Gasteiger partial charge is 0.357 e. The lowest BCUT2D eigenvalue weighted by molar-refractivity contribution is -0.137. The fourth-order valence-electron chi connectivity index (χ4n) is 2.59. The minimum absolute atomic E-state index is 0.0795. The van der Waals surface area contributed by atoms with Crippen LogP contribution in [0.5, 0.6) is 0 Å². The number of guanidine groups is 1. The van der Waals surface area contributed by atoms with Crippen LogP contribution in [0.15, 0.2) is 53.5 Å². The van der Waals surface area contributed by atoms with E-state index in [4.69, 9.17) is 0 Å². The second kappa shape index (κ2) is 11.2. The van der Waals surface area contributed by atoms with Crippen LogP contribution in [0, 0.1) is 5.82 Å². The molecule has 0 fully saturated rings. The zero-order chi connectivity index (χ0) is 22.0. The lowest BCUT2D eigenvalue weighted by Crippen LogP contribution is -2.41. The standard InChI is InChI=1S/C21H24F4N4O/c1-2-26-20(29-14-16-4-3-5-17(12-16)21(23,24)25)28-11-10-27-19(30)13-15-6-8-18(22)9-7-15/h3-9,12H,2,10-11,13-14H2,1H3,(H,27,30)(H2,26,28,29). The van der Waals surface area contributed by atoms with Crippen molar-refractivity contribution in [1.82, 2.24) is 16.0 Å². The highest BCUT2D eigenvalue weighted by Gasteiger charge is 2.30. The van der Waals surface area contributed by atoms with E-state index in [1.807, 2.05) is 6.92 Å². The van der Waals surface area contributed by atoms with E-state index < -0.39 is 11.7 Å². The highest BCUT2D eigenvalue weighted by molar-refractivity contribution is 5.80. The van der Waals surface area contributed by atoms with Crippen molar-refractivity contribution in [3.63, 3.8) is 0 Å². The third-order valence-electron chi connectivity index (χ3n) is 4.04. The Kier molecular flexibility index (Phi) is 8.64. The van der Waals surface area contributed by atoms with Crippen LogP contribution in [-0.4, -0.2) is 31.5 Å². The van der Waals surface area contributed by atoms with Crippen LogP contribution in [0.25, 0.3) is 0 Å². The molecule has 5 nitrogen and oxygen atoms in total. The molecule has 0 spiro atoms. The molecule has 0 atom stereocenters. The van der Waals surface area contributed by atoms with E-state index in [1.54, 1.807) is 18.2 Å². The maximum atomic E-state index is 12.9. The second-order valence-electron chi connectivity index (χ2n) is 6.47. The summed E-state index contributed by atoms with van der Waals surface area (Å²) in [7, 11) is 0. The predicted molar refractivity (Wildman–Crippen MR) is 107 cm³/mol. The first-order valence-electron chi connectivity index (χ1n) is 9.47. The van der Waals surface area contributed by atoms with Crippen LogP contribution in [0.3, 0.4) is 0 Å². The number of halogens is 4. The lowest BCUT2D eigenvalue weighted by Gasteiger charge is -2.12. The van der Waals surface area contributed by atoms with Crippen molar-refractivity contribution in [3.8, 4) is 0 Å². The fourth-order valence-corrected chi connectivity index (χ4v) is 2.59. The molecule has 30 heavy (non-hydrogen) atoms. The monoisotopic (exact) mass is 424 g/mol. The molecule has 2 rings (SSSR count). The van der Waals surface area contributed by atoms with E-state index in [9.17, 15) is 22.4 Å². The van der Waals surface area contributed by atoms with Crippen molar-refractivity contribution < 1.29 is 22.4 Å². The highest BCUT2D eigenvalue weighted by atomic mass is 19.4. The van der Waals surface area contributed by atoms with Gasteiger partial charge in [0, 0.05) is 19.6 Å². The van der Waals surface area contributed by atoms with E-state index in [0.717, 1.165) is 12.1 Å². The van der Waals surface area contributed by atoms with Gasteiger partial charge < -0.3 is 16.0 Å². The molecule has 0 aliphatic heterocycles. The topological polar surface area (TPSA) is 65.5 Å². The van der Waals surface area contributed by atoms with Crippen LogP contribution in [-0.2, 0) is 23.9 Å². The second-order valence-corrected chi connectivity index (χ2v) is 6.47. The molecule has 0 saturated carbocycles. The van der Waals surface area contributed by atoms with Gasteiger partial charge in [-0.3, -0.25) is 4.79 Å². The number of aliphatic imine (C=N–C) groups is 1. The number of benzene rings is 2. The molecular weight excluding hydrogens is 400 g/mol. The maximum Gasteiger partial charge on any atom is 0.416 e. The molecule has 0 aliphatic rings. The Morgan fingerprint density at radius 3 is 2.33 bits per heavy atom. The minimum atomic E-state index is -4.39. The van der Waals surface area contributed by atoms with E-state index in [2.05, 4.69) is 20.9 Å². The first-order valence-corrected chi connectivity index (χ1v) is 9.47. The van der Waals surface area contributed by atoms with Gasteiger partial charge >= 0.3 is 6.18 Å². The van der Waals surface area contributed by atoms with Crippen molar-refractivity contribution in [2.75, 3.05) is 19.6 Å². The quantitative estimate of drug-likeness (QED) is 0.264. The van der Waals surface area contributed by atoms with Crippen LogP contribution in [0.1, 0.15) is 23.6 Å². The van der Waals surface area contributed by atoms with Gasteiger partial charge in [0.15, 0.2) is 5.96 Å². The molecule has 9 heteroatoms. The Morgan fingerprint density at radius 2 is 1.67 bits per heavy atom. The van der Waals surface area contributed by atoms with Gasteiger partial charge in [-0.25, -0.2) is 9.38 Å². The summed E-state index contributed by atoms with van der Waals surface area (Å²) in [6.45, 7) is 3.23. The largest absolute Gasteiger partial charge is 0.416 e. The summed E-state index contributed by atoms with van der Waals surface area (Å²) in [6, 6.07) is 10.7. The number of amides is 1. The summed E-state index contributed by atoms with van der Waals surface area (Å²) < 4.78 is 51.3. The number of nitrogens with zero attached hydrogens (tertiary/aromatic N) is 1. The van der Waals surface area contributed by atoms with E-state index >= 15 is 0 Å². The van der Waals surface area contributed by atoms with Gasteiger partial charge in [0.05, 0.1) is 18.5 Å². The Bertz CT molecular complexity index is 851. The minimum Gasteiger partial charge on any atom is -0.357 e. The molecule has 0 bridgehead atoms. The number of alkyl halides is 3. The van der Waals surface area contributed by atoms with Crippen LogP contribution in [0.2, 0.25) is 0 Å². The van der Waals surface area contributed by atoms with Gasteiger partial charge in [-0.1, -0.05) is 24.3 Å². The molecule has 1 amide bonds. The number of nitrogens with one attached hydrogen (secondary N) is 3. The predicted octanol–water partition coefficient (Wildman–Crippen LogP) is 3.26. The van der Waals surface area contributed by atoms with Crippen molar-refractivity contribution in [1.29, 1.82) is 0 Å². The SMILES string of the molecule is CCNC(=NCc1cccc(C(F)(F)F)c1)NCCNC(=O)Cc1ccc(F)cc1. The van der Waals surface area contributed by atoms with E-state index in [0.29, 0.717) is 36.7 Å². The summed E-state index contributed by atoms with van der Waals surface area (Å²) in [5.74, 6) is -0.124. The van der Waals surface area contributed by atoms with E-state index in [-0.39, 0.29) is 24.7 Å².